The highest BCUT2D eigenvalue weighted by Crippen LogP contribution is 2.11. The van der Waals surface area contributed by atoms with Crippen molar-refractivity contribution in [1.29, 1.82) is 0 Å². The van der Waals surface area contributed by atoms with E-state index in [1.807, 2.05) is 12.3 Å². The number of anilines is 1. The van der Waals surface area contributed by atoms with Gasteiger partial charge in [-0.2, -0.15) is 11.3 Å². The highest BCUT2D eigenvalue weighted by molar-refractivity contribution is 7.08. The van der Waals surface area contributed by atoms with Crippen molar-refractivity contribution in [2.24, 2.45) is 0 Å². The van der Waals surface area contributed by atoms with Crippen molar-refractivity contribution in [1.82, 2.24) is 10.6 Å². The Balaban J connectivity index is 1.73. The molecule has 2 aromatic rings. The molecule has 0 saturated heterocycles. The number of hydrogen-bond acceptors (Lipinski definition) is 4. The lowest BCUT2D eigenvalue weighted by Crippen LogP contribution is -2.25. The van der Waals surface area contributed by atoms with Crippen LogP contribution in [0.2, 0.25) is 0 Å². The first-order valence-electron chi connectivity index (χ1n) is 8.58. The van der Waals surface area contributed by atoms with Gasteiger partial charge in [-0.3, -0.25) is 14.4 Å². The fraction of sp³-hybridized carbons (Fsp3) is 0.316. The van der Waals surface area contributed by atoms with E-state index in [-0.39, 0.29) is 24.1 Å². The van der Waals surface area contributed by atoms with Gasteiger partial charge in [-0.25, -0.2) is 0 Å². The van der Waals surface area contributed by atoms with Gasteiger partial charge < -0.3 is 16.0 Å². The number of nitrogens with one attached hydrogen (secondary N) is 3. The number of rotatable bonds is 9. The predicted octanol–water partition coefficient (Wildman–Crippen LogP) is 3.04. The summed E-state index contributed by atoms with van der Waals surface area (Å²) in [5.74, 6) is -0.433. The number of benzene rings is 1. The van der Waals surface area contributed by atoms with Gasteiger partial charge in [-0.15, -0.1) is 0 Å². The lowest BCUT2D eigenvalue weighted by Gasteiger charge is -2.08. The third-order valence-electron chi connectivity index (χ3n) is 3.59. The smallest absolute Gasteiger partial charge is 0.252 e. The van der Waals surface area contributed by atoms with Crippen LogP contribution in [-0.2, 0) is 4.79 Å². The number of carbonyl (C=O) groups excluding carboxylic acids is 3. The molecule has 0 aliphatic heterocycles. The second kappa shape index (κ2) is 10.4. The zero-order valence-corrected chi connectivity index (χ0v) is 15.5. The quantitative estimate of drug-likeness (QED) is 0.591. The van der Waals surface area contributed by atoms with Crippen molar-refractivity contribution in [3.8, 4) is 0 Å². The van der Waals surface area contributed by atoms with Crippen LogP contribution in [0, 0.1) is 0 Å². The molecule has 1 aromatic heterocycles. The van der Waals surface area contributed by atoms with Crippen molar-refractivity contribution in [2.75, 3.05) is 18.4 Å². The van der Waals surface area contributed by atoms with Gasteiger partial charge in [0.25, 0.3) is 11.8 Å². The van der Waals surface area contributed by atoms with E-state index >= 15 is 0 Å². The van der Waals surface area contributed by atoms with Crippen molar-refractivity contribution in [3.05, 3.63) is 52.2 Å². The average Bonchev–Trinajstić information content (AvgIpc) is 3.18. The molecule has 0 spiro atoms. The lowest BCUT2D eigenvalue weighted by atomic mass is 10.2. The van der Waals surface area contributed by atoms with E-state index in [0.29, 0.717) is 36.3 Å². The number of hydrogen-bond donors (Lipinski definition) is 3. The van der Waals surface area contributed by atoms with Gasteiger partial charge in [0.1, 0.15) is 0 Å². The minimum Gasteiger partial charge on any atom is -0.352 e. The van der Waals surface area contributed by atoms with E-state index in [2.05, 4.69) is 16.0 Å². The molecule has 3 amide bonds. The van der Waals surface area contributed by atoms with Crippen LogP contribution in [0.4, 0.5) is 5.69 Å². The Morgan fingerprint density at radius 2 is 1.77 bits per heavy atom. The molecule has 0 aliphatic carbocycles. The van der Waals surface area contributed by atoms with Gasteiger partial charge in [0, 0.05) is 41.7 Å². The zero-order chi connectivity index (χ0) is 18.8. The molecule has 1 aromatic carbocycles. The second-order valence-electron chi connectivity index (χ2n) is 5.76. The Labute approximate surface area is 157 Å². The average molecular weight is 373 g/mol. The third kappa shape index (κ3) is 6.33. The van der Waals surface area contributed by atoms with Crippen LogP contribution in [0.25, 0.3) is 0 Å². The van der Waals surface area contributed by atoms with Crippen LogP contribution < -0.4 is 16.0 Å². The molecule has 0 unspecified atom stereocenters. The Morgan fingerprint density at radius 1 is 1.00 bits per heavy atom. The Bertz CT molecular complexity index is 744. The maximum Gasteiger partial charge on any atom is 0.252 e. The first kappa shape index (κ1) is 19.7. The summed E-state index contributed by atoms with van der Waals surface area (Å²) in [5.41, 5.74) is 1.73. The summed E-state index contributed by atoms with van der Waals surface area (Å²) in [7, 11) is 0. The first-order chi connectivity index (χ1) is 12.6. The molecule has 0 atom stereocenters. The molecule has 26 heavy (non-hydrogen) atoms. The molecule has 6 nitrogen and oxygen atoms in total. The van der Waals surface area contributed by atoms with Gasteiger partial charge in [-0.05, 0) is 42.5 Å². The standard InChI is InChI=1S/C19H23N3O3S/c1-2-9-20-18(24)14-5-3-6-16(12-14)22-17(23)7-4-10-21-19(25)15-8-11-26-13-15/h3,5-6,8,11-13H,2,4,7,9-10H2,1H3,(H,20,24)(H,21,25)(H,22,23). The van der Waals surface area contributed by atoms with E-state index in [4.69, 9.17) is 0 Å². The van der Waals surface area contributed by atoms with Gasteiger partial charge in [-0.1, -0.05) is 13.0 Å². The number of thiophene rings is 1. The normalized spacial score (nSPS) is 10.2. The zero-order valence-electron chi connectivity index (χ0n) is 14.7. The Morgan fingerprint density at radius 3 is 2.50 bits per heavy atom. The molecular formula is C19H23N3O3S. The fourth-order valence-electron chi connectivity index (χ4n) is 2.25. The summed E-state index contributed by atoms with van der Waals surface area (Å²) in [5, 5.41) is 12.0. The minimum absolute atomic E-state index is 0.127. The van der Waals surface area contributed by atoms with Gasteiger partial charge >= 0.3 is 0 Å². The molecule has 1 heterocycles. The molecular weight excluding hydrogens is 350 g/mol. The van der Waals surface area contributed by atoms with Crippen LogP contribution in [-0.4, -0.2) is 30.8 Å². The number of amides is 3. The summed E-state index contributed by atoms with van der Waals surface area (Å²) in [6, 6.07) is 8.60. The van der Waals surface area contributed by atoms with Crippen LogP contribution >= 0.6 is 11.3 Å². The third-order valence-corrected chi connectivity index (χ3v) is 4.28. The molecule has 138 valence electrons. The summed E-state index contributed by atoms with van der Waals surface area (Å²) < 4.78 is 0. The maximum atomic E-state index is 12.0. The Kier molecular flexibility index (Phi) is 7.82. The molecule has 3 N–H and O–H groups in total. The van der Waals surface area contributed by atoms with Crippen molar-refractivity contribution in [3.63, 3.8) is 0 Å². The van der Waals surface area contributed by atoms with Gasteiger partial charge in [0.05, 0.1) is 0 Å². The molecule has 0 radical (unpaired) electrons. The van der Waals surface area contributed by atoms with Gasteiger partial charge in [0.2, 0.25) is 5.91 Å². The SMILES string of the molecule is CCCNC(=O)c1cccc(NC(=O)CCCNC(=O)c2ccsc2)c1. The van der Waals surface area contributed by atoms with Crippen molar-refractivity contribution < 1.29 is 14.4 Å². The highest BCUT2D eigenvalue weighted by atomic mass is 32.1. The minimum atomic E-state index is -0.154. The van der Waals surface area contributed by atoms with E-state index in [9.17, 15) is 14.4 Å². The monoisotopic (exact) mass is 373 g/mol. The first-order valence-corrected chi connectivity index (χ1v) is 9.53. The number of carbonyl (C=O) groups is 3. The van der Waals surface area contributed by atoms with E-state index in [0.717, 1.165) is 6.42 Å². The van der Waals surface area contributed by atoms with Crippen molar-refractivity contribution >= 4 is 34.7 Å². The molecule has 0 saturated carbocycles. The van der Waals surface area contributed by atoms with Crippen LogP contribution in [0.1, 0.15) is 46.9 Å². The fourth-order valence-corrected chi connectivity index (χ4v) is 2.88. The van der Waals surface area contributed by atoms with Gasteiger partial charge in [0.15, 0.2) is 0 Å². The summed E-state index contributed by atoms with van der Waals surface area (Å²) >= 11 is 1.47. The highest BCUT2D eigenvalue weighted by Gasteiger charge is 2.08. The van der Waals surface area contributed by atoms with E-state index < -0.39 is 0 Å². The summed E-state index contributed by atoms with van der Waals surface area (Å²) in [6.45, 7) is 3.04. The second-order valence-corrected chi connectivity index (χ2v) is 6.54. The summed E-state index contributed by atoms with van der Waals surface area (Å²) in [6.07, 6.45) is 1.69. The van der Waals surface area contributed by atoms with Crippen molar-refractivity contribution in [2.45, 2.75) is 26.2 Å². The topological polar surface area (TPSA) is 87.3 Å². The summed E-state index contributed by atoms with van der Waals surface area (Å²) in [4.78, 5) is 35.7. The largest absolute Gasteiger partial charge is 0.352 e. The molecule has 0 bridgehead atoms. The predicted molar refractivity (Wildman–Crippen MR) is 104 cm³/mol. The molecule has 7 heteroatoms. The van der Waals surface area contributed by atoms with Crippen LogP contribution in [0.3, 0.4) is 0 Å². The van der Waals surface area contributed by atoms with E-state index in [1.54, 1.807) is 35.7 Å². The molecule has 2 rings (SSSR count). The molecule has 0 aliphatic rings. The van der Waals surface area contributed by atoms with Crippen LogP contribution in [0.5, 0.6) is 0 Å². The molecule has 0 fully saturated rings. The Hall–Kier alpha value is -2.67. The van der Waals surface area contributed by atoms with Crippen LogP contribution in [0.15, 0.2) is 41.1 Å². The lowest BCUT2D eigenvalue weighted by molar-refractivity contribution is -0.116. The maximum absolute atomic E-state index is 12.0. The van der Waals surface area contributed by atoms with E-state index in [1.165, 1.54) is 11.3 Å².